The molecule has 6 nitrogen and oxygen atoms in total. The van der Waals surface area contributed by atoms with Crippen LogP contribution < -0.4 is 10.0 Å². The number of aryl methyl sites for hydroxylation is 1. The Morgan fingerprint density at radius 2 is 1.92 bits per heavy atom. The summed E-state index contributed by atoms with van der Waals surface area (Å²) < 4.78 is 40.9. The van der Waals surface area contributed by atoms with Crippen LogP contribution in [0.2, 0.25) is 0 Å². The van der Waals surface area contributed by atoms with E-state index in [0.29, 0.717) is 24.2 Å². The Kier molecular flexibility index (Phi) is 6.33. The summed E-state index contributed by atoms with van der Waals surface area (Å²) in [5.41, 5.74) is 0.957. The van der Waals surface area contributed by atoms with Crippen LogP contribution in [0.15, 0.2) is 47.4 Å². The molecule has 1 amide bonds. The van der Waals surface area contributed by atoms with E-state index in [0.717, 1.165) is 6.07 Å². The van der Waals surface area contributed by atoms with Crippen molar-refractivity contribution in [1.82, 2.24) is 10.2 Å². The zero-order valence-electron chi connectivity index (χ0n) is 14.9. The van der Waals surface area contributed by atoms with Gasteiger partial charge >= 0.3 is 0 Å². The second kappa shape index (κ2) is 8.29. The SMILES string of the molecule is CNCCN(C)C(=O)c1cccc(NS(=O)(=O)c2ccc(C)c(F)c2)c1. The van der Waals surface area contributed by atoms with E-state index in [1.807, 2.05) is 0 Å². The van der Waals surface area contributed by atoms with Crippen molar-refractivity contribution in [3.05, 3.63) is 59.4 Å². The zero-order valence-corrected chi connectivity index (χ0v) is 15.7. The number of anilines is 1. The van der Waals surface area contributed by atoms with Crippen molar-refractivity contribution in [2.75, 3.05) is 31.9 Å². The standard InChI is InChI=1S/C18H22FN3O3S/c1-13-7-8-16(12-17(13)19)26(24,25)21-15-6-4-5-14(11-15)18(23)22(3)10-9-20-2/h4-8,11-12,20-21H,9-10H2,1-3H3. The number of nitrogens with one attached hydrogen (secondary N) is 2. The van der Waals surface area contributed by atoms with Gasteiger partial charge in [0.1, 0.15) is 5.82 Å². The predicted molar refractivity (Wildman–Crippen MR) is 99.3 cm³/mol. The lowest BCUT2D eigenvalue weighted by molar-refractivity contribution is 0.0797. The molecule has 0 radical (unpaired) electrons. The Labute approximate surface area is 153 Å². The van der Waals surface area contributed by atoms with Gasteiger partial charge in [-0.3, -0.25) is 9.52 Å². The Bertz CT molecular complexity index is 900. The average molecular weight is 379 g/mol. The van der Waals surface area contributed by atoms with Crippen LogP contribution in [-0.2, 0) is 10.0 Å². The van der Waals surface area contributed by atoms with Crippen LogP contribution >= 0.6 is 0 Å². The van der Waals surface area contributed by atoms with Gasteiger partial charge in [-0.15, -0.1) is 0 Å². The van der Waals surface area contributed by atoms with Gasteiger partial charge in [-0.05, 0) is 49.9 Å². The van der Waals surface area contributed by atoms with Gasteiger partial charge < -0.3 is 10.2 Å². The molecular formula is C18H22FN3O3S. The lowest BCUT2D eigenvalue weighted by Gasteiger charge is -2.17. The molecule has 2 aromatic carbocycles. The summed E-state index contributed by atoms with van der Waals surface area (Å²) in [7, 11) is -0.489. The number of carbonyl (C=O) groups is 1. The summed E-state index contributed by atoms with van der Waals surface area (Å²) in [5.74, 6) is -0.814. The van der Waals surface area contributed by atoms with Gasteiger partial charge in [-0.25, -0.2) is 12.8 Å². The van der Waals surface area contributed by atoms with Crippen molar-refractivity contribution < 1.29 is 17.6 Å². The molecule has 0 saturated heterocycles. The maximum atomic E-state index is 13.7. The van der Waals surface area contributed by atoms with E-state index in [1.54, 1.807) is 38.1 Å². The van der Waals surface area contributed by atoms with Crippen molar-refractivity contribution in [2.24, 2.45) is 0 Å². The van der Waals surface area contributed by atoms with Gasteiger partial charge in [0.15, 0.2) is 0 Å². The minimum absolute atomic E-state index is 0.177. The Morgan fingerprint density at radius 3 is 2.58 bits per heavy atom. The molecule has 2 rings (SSSR count). The minimum atomic E-state index is -3.95. The molecule has 0 spiro atoms. The number of likely N-dealkylation sites (N-methyl/N-ethyl adjacent to an activating group) is 2. The van der Waals surface area contributed by atoms with E-state index in [9.17, 15) is 17.6 Å². The van der Waals surface area contributed by atoms with Crippen molar-refractivity contribution in [3.8, 4) is 0 Å². The van der Waals surface area contributed by atoms with Crippen molar-refractivity contribution in [2.45, 2.75) is 11.8 Å². The number of hydrogen-bond donors (Lipinski definition) is 2. The molecule has 0 aromatic heterocycles. The van der Waals surface area contributed by atoms with Crippen molar-refractivity contribution in [3.63, 3.8) is 0 Å². The molecule has 0 unspecified atom stereocenters. The highest BCUT2D eigenvalue weighted by Crippen LogP contribution is 2.19. The molecule has 0 fully saturated rings. The summed E-state index contributed by atoms with van der Waals surface area (Å²) in [6, 6.07) is 9.90. The maximum absolute atomic E-state index is 13.7. The molecule has 2 aromatic rings. The summed E-state index contributed by atoms with van der Waals surface area (Å²) in [4.78, 5) is 13.8. The fraction of sp³-hybridized carbons (Fsp3) is 0.278. The number of carbonyl (C=O) groups excluding carboxylic acids is 1. The molecule has 0 saturated carbocycles. The molecule has 0 aliphatic carbocycles. The number of benzene rings is 2. The minimum Gasteiger partial charge on any atom is -0.340 e. The highest BCUT2D eigenvalue weighted by molar-refractivity contribution is 7.92. The average Bonchev–Trinajstić information content (AvgIpc) is 2.61. The zero-order chi connectivity index (χ0) is 19.3. The van der Waals surface area contributed by atoms with Crippen LogP contribution in [0.3, 0.4) is 0 Å². The summed E-state index contributed by atoms with van der Waals surface area (Å²) in [6.07, 6.45) is 0. The monoisotopic (exact) mass is 379 g/mol. The first-order valence-electron chi connectivity index (χ1n) is 8.03. The molecule has 0 aliphatic heterocycles. The third-order valence-electron chi connectivity index (χ3n) is 3.86. The normalized spacial score (nSPS) is 11.2. The van der Waals surface area contributed by atoms with Crippen molar-refractivity contribution >= 4 is 21.6 Å². The smallest absolute Gasteiger partial charge is 0.261 e. The molecule has 26 heavy (non-hydrogen) atoms. The predicted octanol–water partition coefficient (Wildman–Crippen LogP) is 2.23. The molecule has 0 bridgehead atoms. The first kappa shape index (κ1) is 19.9. The van der Waals surface area contributed by atoms with E-state index in [4.69, 9.17) is 0 Å². The van der Waals surface area contributed by atoms with E-state index >= 15 is 0 Å². The number of nitrogens with zero attached hydrogens (tertiary/aromatic N) is 1. The third-order valence-corrected chi connectivity index (χ3v) is 5.24. The number of sulfonamides is 1. The van der Waals surface area contributed by atoms with Gasteiger partial charge in [-0.1, -0.05) is 12.1 Å². The topological polar surface area (TPSA) is 78.5 Å². The maximum Gasteiger partial charge on any atom is 0.261 e. The van der Waals surface area contributed by atoms with Crippen LogP contribution in [0.4, 0.5) is 10.1 Å². The van der Waals surface area contributed by atoms with E-state index in [-0.39, 0.29) is 16.5 Å². The summed E-state index contributed by atoms with van der Waals surface area (Å²) in [5, 5.41) is 2.96. The molecule has 140 valence electrons. The van der Waals surface area contributed by atoms with Gasteiger partial charge in [-0.2, -0.15) is 0 Å². The molecule has 8 heteroatoms. The summed E-state index contributed by atoms with van der Waals surface area (Å²) in [6.45, 7) is 2.72. The molecular weight excluding hydrogens is 357 g/mol. The largest absolute Gasteiger partial charge is 0.340 e. The van der Waals surface area contributed by atoms with E-state index < -0.39 is 15.8 Å². The fourth-order valence-corrected chi connectivity index (χ4v) is 3.33. The highest BCUT2D eigenvalue weighted by atomic mass is 32.2. The van der Waals surface area contributed by atoms with E-state index in [1.165, 1.54) is 24.3 Å². The van der Waals surface area contributed by atoms with Gasteiger partial charge in [0.2, 0.25) is 0 Å². The Hall–Kier alpha value is -2.45. The molecule has 0 atom stereocenters. The third kappa shape index (κ3) is 4.80. The number of halogens is 1. The van der Waals surface area contributed by atoms with Crippen LogP contribution in [0.25, 0.3) is 0 Å². The number of amides is 1. The second-order valence-electron chi connectivity index (χ2n) is 5.93. The van der Waals surface area contributed by atoms with Gasteiger partial charge in [0.05, 0.1) is 4.90 Å². The molecule has 2 N–H and O–H groups in total. The van der Waals surface area contributed by atoms with Gasteiger partial charge in [0, 0.05) is 31.4 Å². The molecule has 0 aliphatic rings. The molecule has 0 heterocycles. The number of rotatable bonds is 7. The second-order valence-corrected chi connectivity index (χ2v) is 7.61. The quantitative estimate of drug-likeness (QED) is 0.773. The first-order chi connectivity index (χ1) is 12.2. The summed E-state index contributed by atoms with van der Waals surface area (Å²) >= 11 is 0. The van der Waals surface area contributed by atoms with Crippen LogP contribution in [0.5, 0.6) is 0 Å². The fourth-order valence-electron chi connectivity index (χ4n) is 2.27. The van der Waals surface area contributed by atoms with Crippen LogP contribution in [0, 0.1) is 12.7 Å². The Morgan fingerprint density at radius 1 is 1.19 bits per heavy atom. The van der Waals surface area contributed by atoms with Crippen molar-refractivity contribution in [1.29, 1.82) is 0 Å². The first-order valence-corrected chi connectivity index (χ1v) is 9.52. The Balaban J connectivity index is 2.22. The highest BCUT2D eigenvalue weighted by Gasteiger charge is 2.17. The van der Waals surface area contributed by atoms with Crippen LogP contribution in [0.1, 0.15) is 15.9 Å². The van der Waals surface area contributed by atoms with Gasteiger partial charge in [0.25, 0.3) is 15.9 Å². The lowest BCUT2D eigenvalue weighted by Crippen LogP contribution is -2.32. The number of hydrogen-bond acceptors (Lipinski definition) is 4. The lowest BCUT2D eigenvalue weighted by atomic mass is 10.2. The van der Waals surface area contributed by atoms with Crippen LogP contribution in [-0.4, -0.2) is 46.4 Å². The van der Waals surface area contributed by atoms with E-state index in [2.05, 4.69) is 10.0 Å².